The molecule has 0 bridgehead atoms. The Morgan fingerprint density at radius 2 is 1.89 bits per heavy atom. The molecule has 0 spiro atoms. The topological polar surface area (TPSA) is 47.5 Å². The first kappa shape index (κ1) is 17.5. The number of thiazole rings is 1. The molecule has 0 unspecified atom stereocenters. The summed E-state index contributed by atoms with van der Waals surface area (Å²) < 4.78 is 7.35. The molecule has 0 fully saturated rings. The van der Waals surface area contributed by atoms with E-state index >= 15 is 0 Å². The molecule has 0 radical (unpaired) electrons. The minimum absolute atomic E-state index is 0.388. The number of benzene rings is 2. The van der Waals surface area contributed by atoms with Gasteiger partial charge in [-0.2, -0.15) is 0 Å². The molecule has 3 aromatic heterocycles. The SMILES string of the molecule is O=c1oc2ccccc2cc1-c1cn2cc(Cc3ccc(Cl)c(Cl)c3)sc2n1. The van der Waals surface area contributed by atoms with Gasteiger partial charge in [-0.05, 0) is 29.8 Å². The molecule has 28 heavy (non-hydrogen) atoms. The minimum Gasteiger partial charge on any atom is -0.422 e. The average Bonchev–Trinajstić information content (AvgIpc) is 3.22. The number of halogens is 2. The third-order valence-corrected chi connectivity index (χ3v) is 6.22. The second-order valence-electron chi connectivity index (χ2n) is 6.42. The van der Waals surface area contributed by atoms with Crippen LogP contribution in [0.2, 0.25) is 10.0 Å². The quantitative estimate of drug-likeness (QED) is 0.329. The van der Waals surface area contributed by atoms with Crippen LogP contribution in [0.3, 0.4) is 0 Å². The second-order valence-corrected chi connectivity index (χ2v) is 8.33. The summed E-state index contributed by atoms with van der Waals surface area (Å²) in [6, 6.07) is 14.9. The summed E-state index contributed by atoms with van der Waals surface area (Å²) in [5.41, 5.74) is 2.32. The molecule has 0 amide bonds. The maximum Gasteiger partial charge on any atom is 0.345 e. The average molecular weight is 427 g/mol. The number of hydrogen-bond donors (Lipinski definition) is 0. The van der Waals surface area contributed by atoms with Crippen molar-refractivity contribution in [2.75, 3.05) is 0 Å². The summed E-state index contributed by atoms with van der Waals surface area (Å²) in [6.45, 7) is 0. The van der Waals surface area contributed by atoms with Crippen LogP contribution in [0, 0.1) is 0 Å². The molecule has 0 atom stereocenters. The van der Waals surface area contributed by atoms with Crippen LogP contribution in [0.15, 0.2) is 70.1 Å². The van der Waals surface area contributed by atoms with Crippen LogP contribution < -0.4 is 5.63 Å². The molecule has 2 aromatic carbocycles. The largest absolute Gasteiger partial charge is 0.422 e. The highest BCUT2D eigenvalue weighted by atomic mass is 35.5. The predicted molar refractivity (Wildman–Crippen MR) is 114 cm³/mol. The Morgan fingerprint density at radius 1 is 1.04 bits per heavy atom. The van der Waals surface area contributed by atoms with Crippen LogP contribution in [0.5, 0.6) is 0 Å². The van der Waals surface area contributed by atoms with Crippen molar-refractivity contribution in [3.8, 4) is 11.3 Å². The van der Waals surface area contributed by atoms with Gasteiger partial charge in [-0.25, -0.2) is 9.78 Å². The van der Waals surface area contributed by atoms with Crippen molar-refractivity contribution in [2.24, 2.45) is 0 Å². The van der Waals surface area contributed by atoms with Crippen LogP contribution in [-0.2, 0) is 6.42 Å². The lowest BCUT2D eigenvalue weighted by atomic mass is 10.1. The van der Waals surface area contributed by atoms with E-state index in [9.17, 15) is 4.79 Å². The van der Waals surface area contributed by atoms with E-state index in [4.69, 9.17) is 27.6 Å². The van der Waals surface area contributed by atoms with Crippen molar-refractivity contribution in [3.63, 3.8) is 0 Å². The lowest BCUT2D eigenvalue weighted by molar-refractivity contribution is 0.563. The Morgan fingerprint density at radius 3 is 2.71 bits per heavy atom. The summed E-state index contributed by atoms with van der Waals surface area (Å²) in [4.78, 5) is 18.9. The Balaban J connectivity index is 1.50. The van der Waals surface area contributed by atoms with Crippen LogP contribution in [0.25, 0.3) is 27.2 Å². The number of nitrogens with zero attached hydrogens (tertiary/aromatic N) is 2. The number of rotatable bonds is 3. The maximum atomic E-state index is 12.4. The highest BCUT2D eigenvalue weighted by Crippen LogP contribution is 2.28. The molecular weight excluding hydrogens is 415 g/mol. The molecule has 0 N–H and O–H groups in total. The normalized spacial score (nSPS) is 11.5. The van der Waals surface area contributed by atoms with Gasteiger partial charge in [0.25, 0.3) is 0 Å². The smallest absolute Gasteiger partial charge is 0.345 e. The van der Waals surface area contributed by atoms with Crippen molar-refractivity contribution in [3.05, 3.63) is 91.8 Å². The number of para-hydroxylation sites is 1. The van der Waals surface area contributed by atoms with E-state index in [0.717, 1.165) is 27.2 Å². The number of imidazole rings is 1. The Labute approximate surface area is 173 Å². The summed E-state index contributed by atoms with van der Waals surface area (Å²) in [5, 5.41) is 1.96. The fraction of sp³-hybridized carbons (Fsp3) is 0.0476. The zero-order valence-corrected chi connectivity index (χ0v) is 16.7. The van der Waals surface area contributed by atoms with Crippen LogP contribution >= 0.6 is 34.5 Å². The van der Waals surface area contributed by atoms with Gasteiger partial charge >= 0.3 is 5.63 Å². The van der Waals surface area contributed by atoms with Crippen molar-refractivity contribution in [2.45, 2.75) is 6.42 Å². The third kappa shape index (κ3) is 3.11. The highest BCUT2D eigenvalue weighted by Gasteiger charge is 2.14. The summed E-state index contributed by atoms with van der Waals surface area (Å²) in [6.07, 6.45) is 4.60. The molecule has 0 aliphatic rings. The van der Waals surface area contributed by atoms with Crippen LogP contribution in [0.4, 0.5) is 0 Å². The first-order chi connectivity index (χ1) is 13.6. The van der Waals surface area contributed by atoms with Gasteiger partial charge in [0.05, 0.1) is 21.3 Å². The first-order valence-corrected chi connectivity index (χ1v) is 10.1. The Kier molecular flexibility index (Phi) is 4.23. The Bertz CT molecular complexity index is 1370. The molecule has 5 aromatic rings. The van der Waals surface area contributed by atoms with E-state index in [1.165, 1.54) is 0 Å². The van der Waals surface area contributed by atoms with E-state index in [1.807, 2.05) is 53.2 Å². The predicted octanol–water partition coefficient (Wildman–Crippen LogP) is 6.07. The second kappa shape index (κ2) is 6.78. The molecule has 0 saturated heterocycles. The van der Waals surface area contributed by atoms with Gasteiger partial charge < -0.3 is 4.42 Å². The van der Waals surface area contributed by atoms with Crippen LogP contribution in [0.1, 0.15) is 10.4 Å². The molecule has 5 rings (SSSR count). The standard InChI is InChI=1S/C21H12Cl2N2O2S/c22-16-6-5-12(8-17(16)23)7-14-10-25-11-18(24-21(25)28-14)15-9-13-3-1-2-4-19(13)27-20(15)26/h1-6,8-11H,7H2. The van der Waals surface area contributed by atoms with E-state index in [2.05, 4.69) is 4.98 Å². The monoisotopic (exact) mass is 426 g/mol. The first-order valence-electron chi connectivity index (χ1n) is 8.51. The maximum absolute atomic E-state index is 12.4. The Hall–Kier alpha value is -2.60. The van der Waals surface area contributed by atoms with Gasteiger partial charge in [0.2, 0.25) is 0 Å². The molecular formula is C21H12Cl2N2O2S. The highest BCUT2D eigenvalue weighted by molar-refractivity contribution is 7.17. The van der Waals surface area contributed by atoms with Gasteiger partial charge in [-0.3, -0.25) is 4.40 Å². The summed E-state index contributed by atoms with van der Waals surface area (Å²) >= 11 is 13.6. The number of fused-ring (bicyclic) bond motifs is 2. The van der Waals surface area contributed by atoms with Gasteiger partial charge in [0.1, 0.15) is 5.58 Å². The van der Waals surface area contributed by atoms with Crippen molar-refractivity contribution < 1.29 is 4.42 Å². The molecule has 138 valence electrons. The molecule has 0 saturated carbocycles. The van der Waals surface area contributed by atoms with E-state index in [1.54, 1.807) is 23.5 Å². The lowest BCUT2D eigenvalue weighted by Crippen LogP contribution is -2.02. The zero-order valence-electron chi connectivity index (χ0n) is 14.4. The van der Waals surface area contributed by atoms with Gasteiger partial charge in [0, 0.05) is 29.1 Å². The van der Waals surface area contributed by atoms with E-state index < -0.39 is 0 Å². The molecule has 4 nitrogen and oxygen atoms in total. The molecule has 7 heteroatoms. The summed E-state index contributed by atoms with van der Waals surface area (Å²) in [5.74, 6) is 0. The summed E-state index contributed by atoms with van der Waals surface area (Å²) in [7, 11) is 0. The van der Waals surface area contributed by atoms with Gasteiger partial charge in [-0.1, -0.05) is 47.5 Å². The fourth-order valence-electron chi connectivity index (χ4n) is 3.15. The van der Waals surface area contributed by atoms with E-state index in [-0.39, 0.29) is 5.63 Å². The fourth-order valence-corrected chi connectivity index (χ4v) is 4.46. The lowest BCUT2D eigenvalue weighted by Gasteiger charge is -2.01. The molecule has 0 aliphatic carbocycles. The number of aromatic nitrogens is 2. The van der Waals surface area contributed by atoms with Crippen molar-refractivity contribution in [1.29, 1.82) is 0 Å². The van der Waals surface area contributed by atoms with E-state index in [0.29, 0.717) is 26.9 Å². The molecule has 3 heterocycles. The molecule has 0 aliphatic heterocycles. The van der Waals surface area contributed by atoms with Crippen molar-refractivity contribution in [1.82, 2.24) is 9.38 Å². The van der Waals surface area contributed by atoms with Gasteiger partial charge in [0.15, 0.2) is 4.96 Å². The van der Waals surface area contributed by atoms with Crippen molar-refractivity contribution >= 4 is 50.5 Å². The van der Waals surface area contributed by atoms with Crippen LogP contribution in [-0.4, -0.2) is 9.38 Å². The zero-order chi connectivity index (χ0) is 19.3. The van der Waals surface area contributed by atoms with Gasteiger partial charge in [-0.15, -0.1) is 11.3 Å². The third-order valence-electron chi connectivity index (χ3n) is 4.48. The number of hydrogen-bond acceptors (Lipinski definition) is 4. The minimum atomic E-state index is -0.388.